The molecule has 0 spiro atoms. The predicted molar refractivity (Wildman–Crippen MR) is 114 cm³/mol. The summed E-state index contributed by atoms with van der Waals surface area (Å²) in [5, 5.41) is 2.91. The summed E-state index contributed by atoms with van der Waals surface area (Å²) in [5.74, 6) is 0.477. The van der Waals surface area contributed by atoms with Crippen molar-refractivity contribution in [1.82, 2.24) is 0 Å². The van der Waals surface area contributed by atoms with E-state index in [0.29, 0.717) is 5.75 Å². The van der Waals surface area contributed by atoms with Gasteiger partial charge in [-0.25, -0.2) is 0 Å². The molecule has 3 nitrogen and oxygen atoms in total. The second kappa shape index (κ2) is 8.87. The van der Waals surface area contributed by atoms with Crippen molar-refractivity contribution in [2.45, 2.75) is 26.4 Å². The van der Waals surface area contributed by atoms with E-state index in [2.05, 4.69) is 40.3 Å². The normalized spacial score (nSPS) is 11.7. The van der Waals surface area contributed by atoms with Crippen LogP contribution < -0.4 is 10.1 Å². The van der Waals surface area contributed by atoms with Crippen LogP contribution in [0.1, 0.15) is 19.4 Å². The van der Waals surface area contributed by atoms with Gasteiger partial charge in [-0.15, -0.1) is 0 Å². The molecule has 0 bridgehead atoms. The van der Waals surface area contributed by atoms with Gasteiger partial charge >= 0.3 is 0 Å². The van der Waals surface area contributed by atoms with Crippen LogP contribution in [0.25, 0.3) is 11.1 Å². The first-order chi connectivity index (χ1) is 13.1. The lowest BCUT2D eigenvalue weighted by atomic mass is 10.1. The molecule has 138 valence electrons. The lowest BCUT2D eigenvalue weighted by Crippen LogP contribution is -2.30. The van der Waals surface area contributed by atoms with Crippen molar-refractivity contribution in [3.8, 4) is 16.9 Å². The Balaban J connectivity index is 1.63. The van der Waals surface area contributed by atoms with Crippen LogP contribution >= 0.6 is 15.9 Å². The van der Waals surface area contributed by atoms with E-state index in [4.69, 9.17) is 4.74 Å². The standard InChI is InChI=1S/C23H22BrNO2/c1-3-17-9-14-22(21(24)15-17)25-23(26)16(2)27-20-12-10-19(11-13-20)18-7-5-4-6-8-18/h4-16H,3H2,1-2H3,(H,25,26). The third kappa shape index (κ3) is 4.98. The van der Waals surface area contributed by atoms with Gasteiger partial charge < -0.3 is 10.1 Å². The van der Waals surface area contributed by atoms with Gasteiger partial charge in [0.05, 0.1) is 5.69 Å². The quantitative estimate of drug-likeness (QED) is 0.521. The molecular formula is C23H22BrNO2. The zero-order chi connectivity index (χ0) is 19.2. The van der Waals surface area contributed by atoms with Crippen LogP contribution in [0.5, 0.6) is 5.75 Å². The summed E-state index contributed by atoms with van der Waals surface area (Å²) < 4.78 is 6.67. The zero-order valence-electron chi connectivity index (χ0n) is 15.4. The first-order valence-corrected chi connectivity index (χ1v) is 9.77. The molecule has 3 aromatic carbocycles. The van der Waals surface area contributed by atoms with Crippen molar-refractivity contribution < 1.29 is 9.53 Å². The lowest BCUT2D eigenvalue weighted by molar-refractivity contribution is -0.122. The van der Waals surface area contributed by atoms with Crippen LogP contribution in [-0.2, 0) is 11.2 Å². The summed E-state index contributed by atoms with van der Waals surface area (Å²) in [7, 11) is 0. The maximum Gasteiger partial charge on any atom is 0.265 e. The monoisotopic (exact) mass is 423 g/mol. The third-order valence-corrected chi connectivity index (χ3v) is 5.00. The molecule has 3 aromatic rings. The van der Waals surface area contributed by atoms with E-state index in [1.165, 1.54) is 5.56 Å². The van der Waals surface area contributed by atoms with Crippen LogP contribution in [0, 0.1) is 0 Å². The number of amides is 1. The van der Waals surface area contributed by atoms with Gasteiger partial charge in [-0.05, 0) is 70.2 Å². The van der Waals surface area contributed by atoms with E-state index in [1.54, 1.807) is 6.92 Å². The summed E-state index contributed by atoms with van der Waals surface area (Å²) in [5.41, 5.74) is 4.21. The molecule has 1 N–H and O–H groups in total. The van der Waals surface area contributed by atoms with E-state index < -0.39 is 6.10 Å². The van der Waals surface area contributed by atoms with Crippen molar-refractivity contribution in [3.63, 3.8) is 0 Å². The molecule has 0 aliphatic carbocycles. The minimum absolute atomic E-state index is 0.188. The molecule has 0 fully saturated rings. The first-order valence-electron chi connectivity index (χ1n) is 8.98. The summed E-state index contributed by atoms with van der Waals surface area (Å²) in [6.07, 6.45) is 0.344. The number of aryl methyl sites for hydroxylation is 1. The second-order valence-electron chi connectivity index (χ2n) is 6.31. The summed E-state index contributed by atoms with van der Waals surface area (Å²) >= 11 is 3.51. The number of ether oxygens (including phenoxy) is 1. The Bertz CT molecular complexity index is 907. The first kappa shape index (κ1) is 19.2. The van der Waals surface area contributed by atoms with E-state index >= 15 is 0 Å². The van der Waals surface area contributed by atoms with Gasteiger partial charge in [-0.2, -0.15) is 0 Å². The van der Waals surface area contributed by atoms with E-state index in [0.717, 1.165) is 27.7 Å². The molecule has 0 aliphatic heterocycles. The Labute approximate surface area is 168 Å². The minimum atomic E-state index is -0.606. The molecule has 0 saturated heterocycles. The third-order valence-electron chi connectivity index (χ3n) is 4.34. The number of anilines is 1. The fourth-order valence-corrected chi connectivity index (χ4v) is 3.25. The topological polar surface area (TPSA) is 38.3 Å². The van der Waals surface area contributed by atoms with Crippen molar-refractivity contribution in [1.29, 1.82) is 0 Å². The van der Waals surface area contributed by atoms with Gasteiger partial charge in [0.2, 0.25) is 0 Å². The lowest BCUT2D eigenvalue weighted by Gasteiger charge is -2.16. The summed E-state index contributed by atoms with van der Waals surface area (Å²) in [4.78, 5) is 12.5. The Hall–Kier alpha value is -2.59. The maximum absolute atomic E-state index is 12.5. The molecular weight excluding hydrogens is 402 g/mol. The van der Waals surface area contributed by atoms with Crippen LogP contribution in [0.15, 0.2) is 77.3 Å². The average molecular weight is 424 g/mol. The van der Waals surface area contributed by atoms with E-state index in [-0.39, 0.29) is 5.91 Å². The molecule has 0 heterocycles. The van der Waals surface area contributed by atoms with Gasteiger partial charge in [0, 0.05) is 4.47 Å². The molecule has 27 heavy (non-hydrogen) atoms. The number of carbonyl (C=O) groups excluding carboxylic acids is 1. The highest BCUT2D eigenvalue weighted by Crippen LogP contribution is 2.25. The molecule has 4 heteroatoms. The largest absolute Gasteiger partial charge is 0.481 e. The van der Waals surface area contributed by atoms with Crippen LogP contribution in [0.4, 0.5) is 5.69 Å². The molecule has 0 aliphatic rings. The smallest absolute Gasteiger partial charge is 0.265 e. The highest BCUT2D eigenvalue weighted by Gasteiger charge is 2.16. The van der Waals surface area contributed by atoms with Crippen molar-refractivity contribution in [2.75, 3.05) is 5.32 Å². The molecule has 0 saturated carbocycles. The highest BCUT2D eigenvalue weighted by atomic mass is 79.9. The fraction of sp³-hybridized carbons (Fsp3) is 0.174. The average Bonchev–Trinajstić information content (AvgIpc) is 2.70. The van der Waals surface area contributed by atoms with Crippen LogP contribution in [-0.4, -0.2) is 12.0 Å². The maximum atomic E-state index is 12.5. The van der Waals surface area contributed by atoms with Crippen molar-refractivity contribution in [2.24, 2.45) is 0 Å². The SMILES string of the molecule is CCc1ccc(NC(=O)C(C)Oc2ccc(-c3ccccc3)cc2)c(Br)c1. The Morgan fingerprint density at radius 2 is 1.67 bits per heavy atom. The van der Waals surface area contributed by atoms with Gasteiger partial charge in [0.25, 0.3) is 5.91 Å². The predicted octanol–water partition coefficient (Wildman–Crippen LogP) is 6.08. The van der Waals surface area contributed by atoms with Crippen molar-refractivity contribution >= 4 is 27.5 Å². The Morgan fingerprint density at radius 3 is 2.30 bits per heavy atom. The number of hydrogen-bond acceptors (Lipinski definition) is 2. The number of halogens is 1. The van der Waals surface area contributed by atoms with Crippen LogP contribution in [0.3, 0.4) is 0 Å². The number of hydrogen-bond donors (Lipinski definition) is 1. The second-order valence-corrected chi connectivity index (χ2v) is 7.16. The molecule has 3 rings (SSSR count). The van der Waals surface area contributed by atoms with Crippen LogP contribution in [0.2, 0.25) is 0 Å². The Morgan fingerprint density at radius 1 is 1.00 bits per heavy atom. The van der Waals surface area contributed by atoms with Gasteiger partial charge in [0.1, 0.15) is 5.75 Å². The number of benzene rings is 3. The summed E-state index contributed by atoms with van der Waals surface area (Å²) in [6, 6.07) is 23.8. The summed E-state index contributed by atoms with van der Waals surface area (Å²) in [6.45, 7) is 3.84. The zero-order valence-corrected chi connectivity index (χ0v) is 17.0. The van der Waals surface area contributed by atoms with E-state index in [9.17, 15) is 4.79 Å². The minimum Gasteiger partial charge on any atom is -0.481 e. The number of carbonyl (C=O) groups is 1. The molecule has 0 radical (unpaired) electrons. The molecule has 1 amide bonds. The number of nitrogens with one attached hydrogen (secondary N) is 1. The molecule has 1 unspecified atom stereocenters. The fourth-order valence-electron chi connectivity index (χ4n) is 2.73. The molecule has 0 aromatic heterocycles. The number of rotatable bonds is 6. The van der Waals surface area contributed by atoms with Gasteiger partial charge in [-0.1, -0.05) is 55.5 Å². The highest BCUT2D eigenvalue weighted by molar-refractivity contribution is 9.10. The van der Waals surface area contributed by atoms with Crippen molar-refractivity contribution in [3.05, 3.63) is 82.8 Å². The van der Waals surface area contributed by atoms with Gasteiger partial charge in [0.15, 0.2) is 6.10 Å². The van der Waals surface area contributed by atoms with Gasteiger partial charge in [-0.3, -0.25) is 4.79 Å². The molecule has 1 atom stereocenters. The Kier molecular flexibility index (Phi) is 6.30. The van der Waals surface area contributed by atoms with E-state index in [1.807, 2.05) is 60.7 Å².